The third-order valence-electron chi connectivity index (χ3n) is 2.84. The van der Waals surface area contributed by atoms with Gasteiger partial charge in [0.2, 0.25) is 0 Å². The smallest absolute Gasteiger partial charge is 0.123 e. The zero-order valence-corrected chi connectivity index (χ0v) is 8.84. The Kier molecular flexibility index (Phi) is 2.73. The van der Waals surface area contributed by atoms with Gasteiger partial charge in [-0.15, -0.1) is 0 Å². The van der Waals surface area contributed by atoms with Gasteiger partial charge in [0.15, 0.2) is 0 Å². The molecule has 0 aromatic heterocycles. The summed E-state index contributed by atoms with van der Waals surface area (Å²) in [6.07, 6.45) is 2.39. The Morgan fingerprint density at radius 1 is 1.50 bits per heavy atom. The van der Waals surface area contributed by atoms with E-state index in [1.807, 2.05) is 0 Å². The summed E-state index contributed by atoms with van der Waals surface area (Å²) in [4.78, 5) is 0. The Morgan fingerprint density at radius 3 is 3.07 bits per heavy atom. The lowest BCUT2D eigenvalue weighted by atomic mass is 10.0. The quantitative estimate of drug-likeness (QED) is 0.793. The predicted octanol–water partition coefficient (Wildman–Crippen LogP) is 2.64. The summed E-state index contributed by atoms with van der Waals surface area (Å²) in [6.45, 7) is 3.20. The first-order chi connectivity index (χ1) is 6.86. The van der Waals surface area contributed by atoms with E-state index in [1.54, 1.807) is 7.11 Å². The molecular weight excluding hydrogens is 174 g/mol. The summed E-state index contributed by atoms with van der Waals surface area (Å²) < 4.78 is 5.39. The molecule has 0 radical (unpaired) electrons. The molecule has 1 unspecified atom stereocenters. The van der Waals surface area contributed by atoms with Gasteiger partial charge in [0.05, 0.1) is 7.11 Å². The van der Waals surface area contributed by atoms with Crippen LogP contribution in [0.1, 0.15) is 36.9 Å². The van der Waals surface area contributed by atoms with E-state index in [0.29, 0.717) is 6.04 Å². The summed E-state index contributed by atoms with van der Waals surface area (Å²) in [5.74, 6) is 1.03. The Balaban J connectivity index is 2.35. The molecule has 1 aliphatic rings. The minimum absolute atomic E-state index is 0.492. The predicted molar refractivity (Wildman–Crippen MR) is 57.5 cm³/mol. The standard InChI is InChI=1S/C12H17NO/c1-3-5-10-12-9(8-13-10)6-4-7-11(12)14-2/h4,6-7,10,13H,3,5,8H2,1-2H3. The lowest BCUT2D eigenvalue weighted by molar-refractivity contribution is 0.401. The second kappa shape index (κ2) is 4.01. The maximum Gasteiger partial charge on any atom is 0.123 e. The average Bonchev–Trinajstić information content (AvgIpc) is 2.62. The topological polar surface area (TPSA) is 21.3 Å². The highest BCUT2D eigenvalue weighted by atomic mass is 16.5. The molecular formula is C12H17NO. The summed E-state index contributed by atoms with van der Waals surface area (Å²) in [5, 5.41) is 3.52. The largest absolute Gasteiger partial charge is 0.496 e. The Morgan fingerprint density at radius 2 is 2.36 bits per heavy atom. The number of ether oxygens (including phenoxy) is 1. The maximum atomic E-state index is 5.39. The zero-order chi connectivity index (χ0) is 9.97. The molecule has 2 heteroatoms. The molecule has 0 amide bonds. The number of hydrogen-bond donors (Lipinski definition) is 1. The third-order valence-corrected chi connectivity index (χ3v) is 2.84. The maximum absolute atomic E-state index is 5.39. The third kappa shape index (κ3) is 1.50. The normalized spacial score (nSPS) is 19.4. The van der Waals surface area contributed by atoms with Gasteiger partial charge in [-0.1, -0.05) is 25.5 Å². The van der Waals surface area contributed by atoms with Crippen molar-refractivity contribution in [2.24, 2.45) is 0 Å². The van der Waals surface area contributed by atoms with E-state index in [-0.39, 0.29) is 0 Å². The highest BCUT2D eigenvalue weighted by Gasteiger charge is 2.24. The number of hydrogen-bond acceptors (Lipinski definition) is 2. The fourth-order valence-corrected chi connectivity index (χ4v) is 2.19. The molecule has 1 N–H and O–H groups in total. The highest BCUT2D eigenvalue weighted by molar-refractivity contribution is 5.45. The van der Waals surface area contributed by atoms with Crippen LogP contribution in [0.2, 0.25) is 0 Å². The van der Waals surface area contributed by atoms with Gasteiger partial charge in [-0.2, -0.15) is 0 Å². The fourth-order valence-electron chi connectivity index (χ4n) is 2.19. The molecule has 76 valence electrons. The highest BCUT2D eigenvalue weighted by Crippen LogP contribution is 2.35. The lowest BCUT2D eigenvalue weighted by Gasteiger charge is -2.13. The van der Waals surface area contributed by atoms with Crippen molar-refractivity contribution >= 4 is 0 Å². The minimum Gasteiger partial charge on any atom is -0.496 e. The van der Waals surface area contributed by atoms with E-state index < -0.39 is 0 Å². The zero-order valence-electron chi connectivity index (χ0n) is 8.84. The van der Waals surface area contributed by atoms with E-state index in [1.165, 1.54) is 24.0 Å². The van der Waals surface area contributed by atoms with Crippen molar-refractivity contribution in [1.82, 2.24) is 5.32 Å². The molecule has 2 nitrogen and oxygen atoms in total. The number of methoxy groups -OCH3 is 1. The molecule has 0 saturated carbocycles. The van der Waals surface area contributed by atoms with Crippen LogP contribution >= 0.6 is 0 Å². The molecule has 2 rings (SSSR count). The van der Waals surface area contributed by atoms with Crippen LogP contribution in [0.25, 0.3) is 0 Å². The lowest BCUT2D eigenvalue weighted by Crippen LogP contribution is -2.11. The number of rotatable bonds is 3. The van der Waals surface area contributed by atoms with Crippen LogP contribution in [0, 0.1) is 0 Å². The van der Waals surface area contributed by atoms with E-state index in [2.05, 4.69) is 30.4 Å². The molecule has 1 aromatic carbocycles. The van der Waals surface area contributed by atoms with Gasteiger partial charge in [0, 0.05) is 18.2 Å². The van der Waals surface area contributed by atoms with Crippen molar-refractivity contribution in [3.63, 3.8) is 0 Å². The molecule has 1 aromatic rings. The molecule has 0 spiro atoms. The number of fused-ring (bicyclic) bond motifs is 1. The van der Waals surface area contributed by atoms with Crippen LogP contribution in [-0.4, -0.2) is 7.11 Å². The molecule has 0 bridgehead atoms. The summed E-state index contributed by atoms with van der Waals surface area (Å²) >= 11 is 0. The van der Waals surface area contributed by atoms with Crippen molar-refractivity contribution < 1.29 is 4.74 Å². The van der Waals surface area contributed by atoms with Gasteiger partial charge in [-0.25, -0.2) is 0 Å². The molecule has 14 heavy (non-hydrogen) atoms. The molecule has 0 saturated heterocycles. The summed E-state index contributed by atoms with van der Waals surface area (Å²) in [5.41, 5.74) is 2.76. The van der Waals surface area contributed by atoms with E-state index >= 15 is 0 Å². The van der Waals surface area contributed by atoms with Crippen molar-refractivity contribution in [3.05, 3.63) is 29.3 Å². The first-order valence-corrected chi connectivity index (χ1v) is 5.26. The van der Waals surface area contributed by atoms with Gasteiger partial charge in [-0.3, -0.25) is 0 Å². The minimum atomic E-state index is 0.492. The van der Waals surface area contributed by atoms with E-state index in [4.69, 9.17) is 4.74 Å². The summed E-state index contributed by atoms with van der Waals surface area (Å²) in [7, 11) is 1.75. The van der Waals surface area contributed by atoms with Gasteiger partial charge >= 0.3 is 0 Å². The second-order valence-electron chi connectivity index (χ2n) is 3.76. The van der Waals surface area contributed by atoms with Crippen molar-refractivity contribution in [3.8, 4) is 5.75 Å². The van der Waals surface area contributed by atoms with Crippen LogP contribution in [0.15, 0.2) is 18.2 Å². The molecule has 1 aliphatic heterocycles. The van der Waals surface area contributed by atoms with Crippen LogP contribution < -0.4 is 10.1 Å². The number of benzene rings is 1. The number of nitrogens with one attached hydrogen (secondary N) is 1. The van der Waals surface area contributed by atoms with E-state index in [9.17, 15) is 0 Å². The van der Waals surface area contributed by atoms with Crippen LogP contribution in [0.3, 0.4) is 0 Å². The van der Waals surface area contributed by atoms with Crippen molar-refractivity contribution in [1.29, 1.82) is 0 Å². The Labute approximate surface area is 85.3 Å². The van der Waals surface area contributed by atoms with E-state index in [0.717, 1.165) is 12.3 Å². The average molecular weight is 191 g/mol. The van der Waals surface area contributed by atoms with Crippen LogP contribution in [-0.2, 0) is 6.54 Å². The van der Waals surface area contributed by atoms with Gasteiger partial charge < -0.3 is 10.1 Å². The Bertz CT molecular complexity index is 320. The first kappa shape index (κ1) is 9.53. The fraction of sp³-hybridized carbons (Fsp3) is 0.500. The molecule has 1 atom stereocenters. The SMILES string of the molecule is CCCC1NCc2cccc(OC)c21. The van der Waals surface area contributed by atoms with Gasteiger partial charge in [0.25, 0.3) is 0 Å². The first-order valence-electron chi connectivity index (χ1n) is 5.26. The van der Waals surface area contributed by atoms with Crippen molar-refractivity contribution in [2.75, 3.05) is 7.11 Å². The van der Waals surface area contributed by atoms with Gasteiger partial charge in [-0.05, 0) is 18.1 Å². The monoisotopic (exact) mass is 191 g/mol. The van der Waals surface area contributed by atoms with Crippen LogP contribution in [0.4, 0.5) is 0 Å². The summed E-state index contributed by atoms with van der Waals surface area (Å²) in [6, 6.07) is 6.79. The Hall–Kier alpha value is -1.02. The molecule has 0 fully saturated rings. The van der Waals surface area contributed by atoms with Gasteiger partial charge in [0.1, 0.15) is 5.75 Å². The van der Waals surface area contributed by atoms with Crippen LogP contribution in [0.5, 0.6) is 5.75 Å². The molecule has 1 heterocycles. The van der Waals surface area contributed by atoms with Crippen molar-refractivity contribution in [2.45, 2.75) is 32.4 Å². The molecule has 0 aliphatic carbocycles. The second-order valence-corrected chi connectivity index (χ2v) is 3.76.